The highest BCUT2D eigenvalue weighted by molar-refractivity contribution is 5.98. The van der Waals surface area contributed by atoms with E-state index >= 15 is 0 Å². The molecule has 1 amide bonds. The number of carbonyl (C=O) groups is 1. The molecule has 8 heteroatoms. The van der Waals surface area contributed by atoms with E-state index in [0.29, 0.717) is 17.2 Å². The zero-order valence-corrected chi connectivity index (χ0v) is 17.3. The molecule has 2 aromatic carbocycles. The van der Waals surface area contributed by atoms with Crippen LogP contribution in [0.1, 0.15) is 40.6 Å². The average molecular weight is 414 g/mol. The number of aromatic amines is 1. The van der Waals surface area contributed by atoms with Crippen LogP contribution < -0.4 is 4.74 Å². The van der Waals surface area contributed by atoms with E-state index in [1.165, 1.54) is 4.80 Å². The third-order valence-electron chi connectivity index (χ3n) is 6.38. The number of rotatable bonds is 4. The Balaban J connectivity index is 1.40. The van der Waals surface area contributed by atoms with Gasteiger partial charge in [-0.3, -0.25) is 4.79 Å². The van der Waals surface area contributed by atoms with Crippen molar-refractivity contribution in [3.05, 3.63) is 65.7 Å². The Kier molecular flexibility index (Phi) is 3.89. The third kappa shape index (κ3) is 2.90. The highest BCUT2D eigenvalue weighted by Crippen LogP contribution is 2.53. The number of likely N-dealkylation sites (tertiary alicyclic amines) is 1. The molecular formula is C23H22N6O2. The van der Waals surface area contributed by atoms with E-state index in [1.807, 2.05) is 48.2 Å². The van der Waals surface area contributed by atoms with Crippen molar-refractivity contribution in [2.45, 2.75) is 31.8 Å². The second-order valence-electron chi connectivity index (χ2n) is 8.37. The number of aryl methyl sites for hydroxylation is 1. The lowest BCUT2D eigenvalue weighted by molar-refractivity contribution is 0.0692. The van der Waals surface area contributed by atoms with Gasteiger partial charge in [0, 0.05) is 12.1 Å². The molecule has 31 heavy (non-hydrogen) atoms. The molecule has 0 radical (unpaired) electrons. The number of imidazole rings is 1. The Bertz CT molecular complexity index is 1290. The smallest absolute Gasteiger partial charge is 0.256 e. The Morgan fingerprint density at radius 3 is 2.77 bits per heavy atom. The number of nitrogens with one attached hydrogen (secondary N) is 1. The molecule has 3 atom stereocenters. The van der Waals surface area contributed by atoms with Crippen LogP contribution >= 0.6 is 0 Å². The molecule has 1 aliphatic carbocycles. The van der Waals surface area contributed by atoms with E-state index in [2.05, 4.69) is 15.2 Å². The fraction of sp³-hybridized carbons (Fsp3) is 0.304. The van der Waals surface area contributed by atoms with Gasteiger partial charge in [-0.2, -0.15) is 15.0 Å². The summed E-state index contributed by atoms with van der Waals surface area (Å²) in [6.45, 7) is 2.00. The number of methoxy groups -OCH3 is 1. The van der Waals surface area contributed by atoms with Gasteiger partial charge in [-0.05, 0) is 55.5 Å². The maximum absolute atomic E-state index is 13.8. The van der Waals surface area contributed by atoms with Gasteiger partial charge in [0.15, 0.2) is 0 Å². The van der Waals surface area contributed by atoms with Crippen molar-refractivity contribution in [3.63, 3.8) is 0 Å². The van der Waals surface area contributed by atoms with Crippen LogP contribution in [0.4, 0.5) is 0 Å². The van der Waals surface area contributed by atoms with Crippen LogP contribution in [0, 0.1) is 12.8 Å². The molecule has 156 valence electrons. The number of aromatic nitrogens is 5. The van der Waals surface area contributed by atoms with E-state index in [0.717, 1.165) is 41.0 Å². The number of H-pyrrole nitrogens is 1. The summed E-state index contributed by atoms with van der Waals surface area (Å²) in [4.78, 5) is 25.6. The molecule has 3 heterocycles. The number of carbonyl (C=O) groups excluding carboxylic acids is 1. The van der Waals surface area contributed by atoms with E-state index in [4.69, 9.17) is 9.72 Å². The predicted octanol–water partition coefficient (Wildman–Crippen LogP) is 3.44. The average Bonchev–Trinajstić information content (AvgIpc) is 3.20. The first-order valence-corrected chi connectivity index (χ1v) is 10.5. The summed E-state index contributed by atoms with van der Waals surface area (Å²) < 4.78 is 5.33. The number of hydrogen-bond acceptors (Lipinski definition) is 5. The van der Waals surface area contributed by atoms with Gasteiger partial charge in [0.1, 0.15) is 11.6 Å². The highest BCUT2D eigenvalue weighted by Gasteiger charge is 2.55. The number of amides is 1. The third-order valence-corrected chi connectivity index (χ3v) is 6.38. The minimum atomic E-state index is -0.0746. The van der Waals surface area contributed by atoms with Gasteiger partial charge in [-0.1, -0.05) is 6.07 Å². The van der Waals surface area contributed by atoms with Crippen molar-refractivity contribution in [2.75, 3.05) is 7.11 Å². The number of piperidine rings is 1. The van der Waals surface area contributed by atoms with Crippen LogP contribution in [-0.2, 0) is 0 Å². The largest absolute Gasteiger partial charge is 0.497 e. The summed E-state index contributed by atoms with van der Waals surface area (Å²) in [6.07, 6.45) is 5.22. The minimum absolute atomic E-state index is 0.000312. The lowest BCUT2D eigenvalue weighted by Gasteiger charge is -2.27. The summed E-state index contributed by atoms with van der Waals surface area (Å²) >= 11 is 0. The standard InChI is InChI=1S/C23H22N6O2/c1-13-3-5-16(20(9-13)29-24-7-8-25-29)23(30)28-19-10-14(19)11-21(28)22-26-17-6-4-15(31-2)12-18(17)27-22/h3-9,12,14,19,21H,10-11H2,1-2H3,(H,26,27)/t14-,19-,21+/m1/s1. The van der Waals surface area contributed by atoms with Crippen LogP contribution in [0.15, 0.2) is 48.8 Å². The van der Waals surface area contributed by atoms with Gasteiger partial charge >= 0.3 is 0 Å². The Labute approximate surface area is 178 Å². The molecule has 1 saturated heterocycles. The predicted molar refractivity (Wildman–Crippen MR) is 114 cm³/mol. The molecule has 2 fully saturated rings. The van der Waals surface area contributed by atoms with Crippen molar-refractivity contribution in [1.82, 2.24) is 29.9 Å². The first-order chi connectivity index (χ1) is 15.1. The Morgan fingerprint density at radius 2 is 1.97 bits per heavy atom. The van der Waals surface area contributed by atoms with Gasteiger partial charge in [0.25, 0.3) is 5.91 Å². The highest BCUT2D eigenvalue weighted by atomic mass is 16.5. The molecule has 0 spiro atoms. The van der Waals surface area contributed by atoms with Crippen LogP contribution in [0.3, 0.4) is 0 Å². The summed E-state index contributed by atoms with van der Waals surface area (Å²) in [5.74, 6) is 2.14. The quantitative estimate of drug-likeness (QED) is 0.553. The second-order valence-corrected chi connectivity index (χ2v) is 8.37. The fourth-order valence-electron chi connectivity index (χ4n) is 4.75. The summed E-state index contributed by atoms with van der Waals surface area (Å²) in [5.41, 5.74) is 4.15. The number of benzene rings is 2. The number of hydrogen-bond donors (Lipinski definition) is 1. The van der Waals surface area contributed by atoms with Crippen LogP contribution in [0.2, 0.25) is 0 Å². The van der Waals surface area contributed by atoms with E-state index in [1.54, 1.807) is 19.5 Å². The molecule has 4 aromatic rings. The first kappa shape index (κ1) is 18.1. The second kappa shape index (κ2) is 6.66. The summed E-state index contributed by atoms with van der Waals surface area (Å²) in [6, 6.07) is 11.8. The van der Waals surface area contributed by atoms with Gasteiger partial charge in [0.05, 0.1) is 47.8 Å². The Hall–Kier alpha value is -3.68. The van der Waals surface area contributed by atoms with Crippen LogP contribution in [0.25, 0.3) is 16.7 Å². The summed E-state index contributed by atoms with van der Waals surface area (Å²) in [7, 11) is 1.65. The van der Waals surface area contributed by atoms with E-state index in [9.17, 15) is 4.79 Å². The number of fused-ring (bicyclic) bond motifs is 2. The van der Waals surface area contributed by atoms with E-state index in [-0.39, 0.29) is 18.0 Å². The zero-order valence-electron chi connectivity index (χ0n) is 17.3. The number of nitrogens with zero attached hydrogens (tertiary/aromatic N) is 5. The molecule has 0 unspecified atom stereocenters. The Morgan fingerprint density at radius 1 is 1.13 bits per heavy atom. The van der Waals surface area contributed by atoms with Gasteiger partial charge in [0.2, 0.25) is 0 Å². The zero-order chi connectivity index (χ0) is 21.1. The van der Waals surface area contributed by atoms with Gasteiger partial charge in [-0.25, -0.2) is 4.98 Å². The molecule has 0 bridgehead atoms. The lowest BCUT2D eigenvalue weighted by atomic mass is 10.1. The maximum Gasteiger partial charge on any atom is 0.256 e. The van der Waals surface area contributed by atoms with E-state index < -0.39 is 0 Å². The van der Waals surface area contributed by atoms with Crippen molar-refractivity contribution in [2.24, 2.45) is 5.92 Å². The minimum Gasteiger partial charge on any atom is -0.497 e. The maximum atomic E-state index is 13.8. The molecule has 8 nitrogen and oxygen atoms in total. The fourth-order valence-corrected chi connectivity index (χ4v) is 4.75. The summed E-state index contributed by atoms with van der Waals surface area (Å²) in [5, 5.41) is 8.51. The molecule has 2 aromatic heterocycles. The molecule has 1 aliphatic heterocycles. The SMILES string of the molecule is COc1ccc2nc([C@@H]3C[C@H]4C[C@H]4N3C(=O)c3ccc(C)cc3-n3nccn3)[nH]c2c1. The van der Waals surface area contributed by atoms with Crippen molar-refractivity contribution < 1.29 is 9.53 Å². The molecule has 6 rings (SSSR count). The lowest BCUT2D eigenvalue weighted by Crippen LogP contribution is -2.35. The van der Waals surface area contributed by atoms with Crippen molar-refractivity contribution >= 4 is 16.9 Å². The first-order valence-electron chi connectivity index (χ1n) is 10.5. The topological polar surface area (TPSA) is 88.9 Å². The van der Waals surface area contributed by atoms with Gasteiger partial charge < -0.3 is 14.6 Å². The molecule has 1 N–H and O–H groups in total. The number of ether oxygens (including phenoxy) is 1. The van der Waals surface area contributed by atoms with Crippen LogP contribution in [-0.4, -0.2) is 48.9 Å². The normalized spacial score (nSPS) is 22.0. The van der Waals surface area contributed by atoms with Crippen molar-refractivity contribution in [3.8, 4) is 11.4 Å². The van der Waals surface area contributed by atoms with Crippen LogP contribution in [0.5, 0.6) is 5.75 Å². The van der Waals surface area contributed by atoms with Gasteiger partial charge in [-0.15, -0.1) is 0 Å². The monoisotopic (exact) mass is 414 g/mol. The molecule has 2 aliphatic rings. The van der Waals surface area contributed by atoms with Crippen molar-refractivity contribution in [1.29, 1.82) is 0 Å². The molecular weight excluding hydrogens is 392 g/mol. The molecule has 1 saturated carbocycles.